The summed E-state index contributed by atoms with van der Waals surface area (Å²) in [4.78, 5) is 0. The molecule has 0 atom stereocenters. The van der Waals surface area contributed by atoms with E-state index in [1.165, 1.54) is 37.1 Å². The molecule has 104 valence electrons. The van der Waals surface area contributed by atoms with E-state index in [9.17, 15) is 0 Å². The molecule has 0 bridgehead atoms. The van der Waals surface area contributed by atoms with Gasteiger partial charge in [-0.15, -0.1) is 10.2 Å². The molecule has 0 saturated heterocycles. The van der Waals surface area contributed by atoms with E-state index in [1.807, 2.05) is 11.8 Å². The van der Waals surface area contributed by atoms with Crippen LogP contribution >= 0.6 is 11.8 Å². The third-order valence-electron chi connectivity index (χ3n) is 4.01. The van der Waals surface area contributed by atoms with Crippen molar-refractivity contribution in [1.29, 1.82) is 0 Å². The van der Waals surface area contributed by atoms with E-state index >= 15 is 0 Å². The Balaban J connectivity index is 1.43. The van der Waals surface area contributed by atoms with Crippen molar-refractivity contribution < 1.29 is 0 Å². The zero-order valence-corrected chi connectivity index (χ0v) is 12.4. The summed E-state index contributed by atoms with van der Waals surface area (Å²) in [5, 5.41) is 10.0. The van der Waals surface area contributed by atoms with Crippen LogP contribution in [0.4, 0.5) is 0 Å². The van der Waals surface area contributed by atoms with Crippen LogP contribution in [-0.2, 0) is 6.42 Å². The van der Waals surface area contributed by atoms with Crippen LogP contribution in [0.25, 0.3) is 0 Å². The molecule has 4 heteroatoms. The van der Waals surface area contributed by atoms with Crippen LogP contribution in [0.3, 0.4) is 0 Å². The summed E-state index contributed by atoms with van der Waals surface area (Å²) in [7, 11) is 0. The number of aryl methyl sites for hydroxylation is 1. The van der Waals surface area contributed by atoms with Gasteiger partial charge in [-0.2, -0.15) is 0 Å². The molecule has 20 heavy (non-hydrogen) atoms. The molecular weight excluding hydrogens is 266 g/mol. The predicted octanol–water partition coefficient (Wildman–Crippen LogP) is 3.83. The van der Waals surface area contributed by atoms with Gasteiger partial charge in [0.15, 0.2) is 5.16 Å². The molecule has 1 aromatic heterocycles. The van der Waals surface area contributed by atoms with Gasteiger partial charge < -0.3 is 4.57 Å². The van der Waals surface area contributed by atoms with E-state index in [4.69, 9.17) is 0 Å². The normalized spacial score (nSPS) is 18.4. The minimum atomic E-state index is 0.694. The maximum atomic E-state index is 4.46. The molecule has 2 aromatic rings. The molecule has 1 aromatic carbocycles. The zero-order valence-electron chi connectivity index (χ0n) is 11.5. The Morgan fingerprint density at radius 1 is 1.05 bits per heavy atom. The van der Waals surface area contributed by atoms with Crippen molar-refractivity contribution in [2.75, 3.05) is 5.75 Å². The monoisotopic (exact) mass is 285 g/mol. The van der Waals surface area contributed by atoms with E-state index in [1.54, 1.807) is 0 Å². The average molecular weight is 285 g/mol. The highest BCUT2D eigenvalue weighted by atomic mass is 32.2. The standard InChI is InChI=1S/C16H19N3S/c1-2-4-12(5-3-1)10-11-20-16-18-17-15(13-6-7-13)19(16)14-8-9-14/h1-5,13-14H,6-11H2. The van der Waals surface area contributed by atoms with Crippen molar-refractivity contribution in [2.45, 2.75) is 49.2 Å². The van der Waals surface area contributed by atoms with Gasteiger partial charge in [0.1, 0.15) is 5.82 Å². The fraction of sp³-hybridized carbons (Fsp3) is 0.500. The first-order valence-electron chi connectivity index (χ1n) is 7.53. The van der Waals surface area contributed by atoms with E-state index in [-0.39, 0.29) is 0 Å². The quantitative estimate of drug-likeness (QED) is 0.756. The second kappa shape index (κ2) is 5.24. The first-order chi connectivity index (χ1) is 9.92. The maximum Gasteiger partial charge on any atom is 0.191 e. The molecule has 3 nitrogen and oxygen atoms in total. The van der Waals surface area contributed by atoms with E-state index in [0.717, 1.165) is 17.3 Å². The van der Waals surface area contributed by atoms with Crippen LogP contribution in [0.15, 0.2) is 35.5 Å². The molecular formula is C16H19N3S. The van der Waals surface area contributed by atoms with Gasteiger partial charge in [-0.05, 0) is 37.7 Å². The summed E-state index contributed by atoms with van der Waals surface area (Å²) in [6, 6.07) is 11.4. The van der Waals surface area contributed by atoms with Crippen molar-refractivity contribution in [3.63, 3.8) is 0 Å². The lowest BCUT2D eigenvalue weighted by atomic mass is 10.2. The second-order valence-corrected chi connectivity index (χ2v) is 6.86. The number of rotatable bonds is 6. The molecule has 2 aliphatic rings. The Labute approximate surface area is 123 Å². The highest BCUT2D eigenvalue weighted by Gasteiger charge is 2.36. The van der Waals surface area contributed by atoms with Crippen LogP contribution in [0.5, 0.6) is 0 Å². The van der Waals surface area contributed by atoms with E-state index < -0.39 is 0 Å². The minimum absolute atomic E-state index is 0.694. The first-order valence-corrected chi connectivity index (χ1v) is 8.52. The third-order valence-corrected chi connectivity index (χ3v) is 4.95. The third kappa shape index (κ3) is 2.62. The van der Waals surface area contributed by atoms with Crippen LogP contribution in [0.1, 0.15) is 49.0 Å². The Morgan fingerprint density at radius 3 is 2.55 bits per heavy atom. The summed E-state index contributed by atoms with van der Waals surface area (Å²) < 4.78 is 2.44. The zero-order chi connectivity index (χ0) is 13.4. The fourth-order valence-corrected chi connectivity index (χ4v) is 3.59. The molecule has 0 unspecified atom stereocenters. The molecule has 1 heterocycles. The van der Waals surface area contributed by atoms with Crippen molar-refractivity contribution in [3.8, 4) is 0 Å². The summed E-state index contributed by atoms with van der Waals surface area (Å²) >= 11 is 1.87. The highest BCUT2D eigenvalue weighted by Crippen LogP contribution is 2.45. The molecule has 0 radical (unpaired) electrons. The van der Waals surface area contributed by atoms with Crippen molar-refractivity contribution in [1.82, 2.24) is 14.8 Å². The maximum absolute atomic E-state index is 4.46. The molecule has 2 fully saturated rings. The second-order valence-electron chi connectivity index (χ2n) is 5.80. The average Bonchev–Trinajstić information content (AvgIpc) is 3.40. The van der Waals surface area contributed by atoms with Gasteiger partial charge >= 0.3 is 0 Å². The molecule has 0 aliphatic heterocycles. The number of hydrogen-bond donors (Lipinski definition) is 0. The van der Waals surface area contributed by atoms with Crippen molar-refractivity contribution in [2.24, 2.45) is 0 Å². The van der Waals surface area contributed by atoms with Crippen LogP contribution in [0, 0.1) is 0 Å². The number of benzene rings is 1. The lowest BCUT2D eigenvalue weighted by molar-refractivity contribution is 0.627. The van der Waals surface area contributed by atoms with Gasteiger partial charge in [-0.1, -0.05) is 42.1 Å². The summed E-state index contributed by atoms with van der Waals surface area (Å²) in [6.07, 6.45) is 6.33. The van der Waals surface area contributed by atoms with Gasteiger partial charge in [-0.25, -0.2) is 0 Å². The SMILES string of the molecule is c1ccc(CCSc2nnc(C3CC3)n2C2CC2)cc1. The van der Waals surface area contributed by atoms with Gasteiger partial charge in [-0.3, -0.25) is 0 Å². The van der Waals surface area contributed by atoms with Crippen LogP contribution < -0.4 is 0 Å². The highest BCUT2D eigenvalue weighted by molar-refractivity contribution is 7.99. The molecule has 0 amide bonds. The lowest BCUT2D eigenvalue weighted by Crippen LogP contribution is -2.02. The Hall–Kier alpha value is -1.29. The van der Waals surface area contributed by atoms with Gasteiger partial charge in [0, 0.05) is 17.7 Å². The molecule has 2 saturated carbocycles. The topological polar surface area (TPSA) is 30.7 Å². The Morgan fingerprint density at radius 2 is 1.85 bits per heavy atom. The summed E-state index contributed by atoms with van der Waals surface area (Å²) in [5.41, 5.74) is 1.40. The number of hydrogen-bond acceptors (Lipinski definition) is 3. The number of thioether (sulfide) groups is 1. The van der Waals surface area contributed by atoms with Gasteiger partial charge in [0.25, 0.3) is 0 Å². The van der Waals surface area contributed by atoms with Gasteiger partial charge in [0.05, 0.1) is 0 Å². The largest absolute Gasteiger partial charge is 0.303 e. The smallest absolute Gasteiger partial charge is 0.191 e. The van der Waals surface area contributed by atoms with Crippen LogP contribution in [-0.4, -0.2) is 20.5 Å². The summed E-state index contributed by atoms with van der Waals surface area (Å²) in [5.74, 6) is 3.04. The number of aromatic nitrogens is 3. The van der Waals surface area contributed by atoms with E-state index in [2.05, 4.69) is 45.1 Å². The van der Waals surface area contributed by atoms with Gasteiger partial charge in [0.2, 0.25) is 0 Å². The van der Waals surface area contributed by atoms with E-state index in [0.29, 0.717) is 12.0 Å². The van der Waals surface area contributed by atoms with Crippen molar-refractivity contribution in [3.05, 3.63) is 41.7 Å². The molecule has 0 N–H and O–H groups in total. The predicted molar refractivity (Wildman–Crippen MR) is 81.1 cm³/mol. The molecule has 4 rings (SSSR count). The Kier molecular flexibility index (Phi) is 3.26. The van der Waals surface area contributed by atoms with Crippen LogP contribution in [0.2, 0.25) is 0 Å². The first kappa shape index (κ1) is 12.5. The minimum Gasteiger partial charge on any atom is -0.303 e. The lowest BCUT2D eigenvalue weighted by Gasteiger charge is -2.07. The molecule has 2 aliphatic carbocycles. The molecule has 0 spiro atoms. The number of nitrogens with zero attached hydrogens (tertiary/aromatic N) is 3. The summed E-state index contributed by atoms with van der Waals surface area (Å²) in [6.45, 7) is 0. The fourth-order valence-electron chi connectivity index (χ4n) is 2.59. The Bertz CT molecular complexity index is 585. The van der Waals surface area contributed by atoms with Crippen molar-refractivity contribution >= 4 is 11.8 Å².